The number of rotatable bonds is 6. The summed E-state index contributed by atoms with van der Waals surface area (Å²) in [6.45, 7) is 5.67. The summed E-state index contributed by atoms with van der Waals surface area (Å²) in [5.41, 5.74) is 8.57. The van der Waals surface area contributed by atoms with Gasteiger partial charge in [0.05, 0.1) is 11.4 Å². The Balaban J connectivity index is 1.96. The molecule has 3 N–H and O–H groups in total. The summed E-state index contributed by atoms with van der Waals surface area (Å²) < 4.78 is 2.18. The van der Waals surface area contributed by atoms with Gasteiger partial charge >= 0.3 is 0 Å². The van der Waals surface area contributed by atoms with Gasteiger partial charge in [0.1, 0.15) is 0 Å². The van der Waals surface area contributed by atoms with Crippen LogP contribution in [-0.4, -0.2) is 21.8 Å². The summed E-state index contributed by atoms with van der Waals surface area (Å²) >= 11 is 1.66. The first kappa shape index (κ1) is 13.0. The van der Waals surface area contributed by atoms with Crippen LogP contribution in [0.3, 0.4) is 0 Å². The van der Waals surface area contributed by atoms with Crippen LogP contribution in [0.4, 0.5) is 0 Å². The lowest BCUT2D eigenvalue weighted by atomic mass is 10.3. The minimum atomic E-state index is -0.242. The van der Waals surface area contributed by atoms with Crippen molar-refractivity contribution in [1.29, 1.82) is 0 Å². The zero-order valence-corrected chi connectivity index (χ0v) is 11.5. The van der Waals surface area contributed by atoms with Gasteiger partial charge in [0.2, 0.25) is 5.91 Å². The highest BCUT2D eigenvalue weighted by Gasteiger charge is 2.11. The summed E-state index contributed by atoms with van der Waals surface area (Å²) in [4.78, 5) is 16.2. The number of aryl methyl sites for hydroxylation is 2. The van der Waals surface area contributed by atoms with Gasteiger partial charge in [-0.1, -0.05) is 0 Å². The predicted octanol–water partition coefficient (Wildman–Crippen LogP) is 1.37. The number of nitrogens with zero attached hydrogens (tertiary/aromatic N) is 2. The van der Waals surface area contributed by atoms with E-state index < -0.39 is 0 Å². The van der Waals surface area contributed by atoms with Crippen molar-refractivity contribution in [3.63, 3.8) is 0 Å². The van der Waals surface area contributed by atoms with Crippen LogP contribution in [0.1, 0.15) is 29.9 Å². The van der Waals surface area contributed by atoms with Crippen LogP contribution in [0.15, 0.2) is 5.38 Å². The third-order valence-corrected chi connectivity index (χ3v) is 3.84. The third-order valence-electron chi connectivity index (χ3n) is 2.90. The molecule has 0 bridgehead atoms. The molecule has 0 saturated carbocycles. The Labute approximate surface area is 110 Å². The van der Waals surface area contributed by atoms with Gasteiger partial charge in [-0.15, -0.1) is 11.3 Å². The quantitative estimate of drug-likeness (QED) is 0.776. The minimum absolute atomic E-state index is 0.242. The van der Waals surface area contributed by atoms with Gasteiger partial charge in [-0.25, -0.2) is 4.98 Å². The molecule has 0 saturated heterocycles. The second-order valence-corrected chi connectivity index (χ2v) is 5.22. The zero-order chi connectivity index (χ0) is 13.1. The number of nitrogens with one attached hydrogen (secondary N) is 1. The van der Waals surface area contributed by atoms with E-state index in [1.54, 1.807) is 11.3 Å². The highest BCUT2D eigenvalue weighted by atomic mass is 32.1. The third kappa shape index (κ3) is 2.70. The highest BCUT2D eigenvalue weighted by molar-refractivity contribution is 7.15. The van der Waals surface area contributed by atoms with Crippen molar-refractivity contribution in [3.05, 3.63) is 22.5 Å². The fraction of sp³-hybridized carbons (Fsp3) is 0.500. The molecule has 5 nitrogen and oxygen atoms in total. The molecule has 1 amide bonds. The Morgan fingerprint density at radius 2 is 2.33 bits per heavy atom. The van der Waals surface area contributed by atoms with E-state index in [1.165, 1.54) is 11.4 Å². The SMILES string of the molecule is Cc1nc2scc(C)n2c1CNCCCC(N)=O. The lowest BCUT2D eigenvalue weighted by Crippen LogP contribution is -2.19. The first-order valence-corrected chi connectivity index (χ1v) is 6.88. The lowest BCUT2D eigenvalue weighted by Gasteiger charge is -2.05. The molecule has 6 heteroatoms. The Bertz CT molecular complexity index is 558. The van der Waals surface area contributed by atoms with E-state index in [-0.39, 0.29) is 5.91 Å². The molecule has 0 spiro atoms. The van der Waals surface area contributed by atoms with Crippen LogP contribution in [0.2, 0.25) is 0 Å². The fourth-order valence-electron chi connectivity index (χ4n) is 1.97. The highest BCUT2D eigenvalue weighted by Crippen LogP contribution is 2.20. The van der Waals surface area contributed by atoms with Gasteiger partial charge in [0, 0.05) is 24.0 Å². The normalized spacial score (nSPS) is 11.2. The van der Waals surface area contributed by atoms with Crippen molar-refractivity contribution in [3.8, 4) is 0 Å². The first-order chi connectivity index (χ1) is 8.59. The molecule has 0 aromatic carbocycles. The molecule has 2 rings (SSSR count). The molecule has 2 aromatic heterocycles. The van der Waals surface area contributed by atoms with Crippen molar-refractivity contribution in [2.45, 2.75) is 33.2 Å². The molecule has 18 heavy (non-hydrogen) atoms. The Morgan fingerprint density at radius 3 is 3.06 bits per heavy atom. The summed E-state index contributed by atoms with van der Waals surface area (Å²) in [6, 6.07) is 0. The molecule has 2 aromatic rings. The number of amides is 1. The standard InChI is InChI=1S/C12H18N4OS/c1-8-7-18-12-15-9(2)10(16(8)12)6-14-5-3-4-11(13)17/h7,14H,3-6H2,1-2H3,(H2,13,17). The topological polar surface area (TPSA) is 72.4 Å². The molecule has 2 heterocycles. The average molecular weight is 266 g/mol. The molecular weight excluding hydrogens is 248 g/mol. The van der Waals surface area contributed by atoms with E-state index >= 15 is 0 Å². The maximum atomic E-state index is 10.6. The van der Waals surface area contributed by atoms with E-state index in [0.29, 0.717) is 6.42 Å². The van der Waals surface area contributed by atoms with E-state index in [4.69, 9.17) is 5.73 Å². The average Bonchev–Trinajstić information content (AvgIpc) is 2.79. The van der Waals surface area contributed by atoms with Gasteiger partial charge < -0.3 is 11.1 Å². The number of carbonyl (C=O) groups is 1. The van der Waals surface area contributed by atoms with Crippen molar-refractivity contribution < 1.29 is 4.79 Å². The molecule has 0 aliphatic heterocycles. The van der Waals surface area contributed by atoms with E-state index in [2.05, 4.69) is 27.0 Å². The number of imidazole rings is 1. The summed E-state index contributed by atoms with van der Waals surface area (Å²) in [6.07, 6.45) is 1.21. The largest absolute Gasteiger partial charge is 0.370 e. The van der Waals surface area contributed by atoms with E-state index in [9.17, 15) is 4.79 Å². The molecule has 0 fully saturated rings. The number of hydrogen-bond donors (Lipinski definition) is 2. The maximum absolute atomic E-state index is 10.6. The van der Waals surface area contributed by atoms with Gasteiger partial charge in [0.15, 0.2) is 4.96 Å². The van der Waals surface area contributed by atoms with Crippen LogP contribution >= 0.6 is 11.3 Å². The van der Waals surface area contributed by atoms with Gasteiger partial charge in [-0.2, -0.15) is 0 Å². The second kappa shape index (κ2) is 5.49. The molecule has 0 atom stereocenters. The number of nitrogens with two attached hydrogens (primary N) is 1. The van der Waals surface area contributed by atoms with E-state index in [1.807, 2.05) is 6.92 Å². The summed E-state index contributed by atoms with van der Waals surface area (Å²) in [5, 5.41) is 5.44. The zero-order valence-electron chi connectivity index (χ0n) is 10.7. The minimum Gasteiger partial charge on any atom is -0.370 e. The molecule has 0 aliphatic rings. The number of hydrogen-bond acceptors (Lipinski definition) is 4. The summed E-state index contributed by atoms with van der Waals surface area (Å²) in [7, 11) is 0. The molecule has 0 aliphatic carbocycles. The van der Waals surface area contributed by atoms with Crippen molar-refractivity contribution >= 4 is 22.2 Å². The lowest BCUT2D eigenvalue weighted by molar-refractivity contribution is -0.118. The second-order valence-electron chi connectivity index (χ2n) is 4.39. The molecule has 0 radical (unpaired) electrons. The van der Waals surface area contributed by atoms with Crippen molar-refractivity contribution in [2.75, 3.05) is 6.54 Å². The van der Waals surface area contributed by atoms with Crippen molar-refractivity contribution in [1.82, 2.24) is 14.7 Å². The summed E-state index contributed by atoms with van der Waals surface area (Å²) in [5.74, 6) is -0.242. The molecular formula is C12H18N4OS. The fourth-order valence-corrected chi connectivity index (χ4v) is 2.90. The van der Waals surface area contributed by atoms with E-state index in [0.717, 1.165) is 30.2 Å². The van der Waals surface area contributed by atoms with Gasteiger partial charge in [0.25, 0.3) is 0 Å². The van der Waals surface area contributed by atoms with Crippen LogP contribution < -0.4 is 11.1 Å². The van der Waals surface area contributed by atoms with Gasteiger partial charge in [-0.3, -0.25) is 9.20 Å². The number of aromatic nitrogens is 2. The Morgan fingerprint density at radius 1 is 1.56 bits per heavy atom. The number of thiazole rings is 1. The van der Waals surface area contributed by atoms with Crippen LogP contribution in [0, 0.1) is 13.8 Å². The first-order valence-electron chi connectivity index (χ1n) is 6.00. The number of carbonyl (C=O) groups excluding carboxylic acids is 1. The van der Waals surface area contributed by atoms with Crippen LogP contribution in [-0.2, 0) is 11.3 Å². The van der Waals surface area contributed by atoms with Crippen LogP contribution in [0.25, 0.3) is 4.96 Å². The van der Waals surface area contributed by atoms with Gasteiger partial charge in [-0.05, 0) is 26.8 Å². The molecule has 98 valence electrons. The smallest absolute Gasteiger partial charge is 0.217 e. The monoisotopic (exact) mass is 266 g/mol. The number of primary amides is 1. The molecule has 0 unspecified atom stereocenters. The maximum Gasteiger partial charge on any atom is 0.217 e. The Kier molecular flexibility index (Phi) is 3.98. The predicted molar refractivity (Wildman–Crippen MR) is 72.7 cm³/mol. The Hall–Kier alpha value is -1.40. The number of fused-ring (bicyclic) bond motifs is 1. The van der Waals surface area contributed by atoms with Crippen LogP contribution in [0.5, 0.6) is 0 Å². The van der Waals surface area contributed by atoms with Crippen molar-refractivity contribution in [2.24, 2.45) is 5.73 Å².